The summed E-state index contributed by atoms with van der Waals surface area (Å²) in [6.07, 6.45) is 0. The van der Waals surface area contributed by atoms with Crippen LogP contribution in [0.3, 0.4) is 0 Å². The number of benzene rings is 1. The molecule has 1 aromatic carbocycles. The lowest BCUT2D eigenvalue weighted by atomic mass is 10.2. The fourth-order valence-corrected chi connectivity index (χ4v) is 2.45. The van der Waals surface area contributed by atoms with Gasteiger partial charge in [-0.2, -0.15) is 15.0 Å². The average molecular weight is 398 g/mol. The Morgan fingerprint density at radius 2 is 1.83 bits per heavy atom. The van der Waals surface area contributed by atoms with Crippen molar-refractivity contribution in [3.8, 4) is 5.75 Å². The average Bonchev–Trinajstić information content (AvgIpc) is 3.02. The highest BCUT2D eigenvalue weighted by Gasteiger charge is 2.12. The maximum absolute atomic E-state index is 12.3. The van der Waals surface area contributed by atoms with Crippen molar-refractivity contribution in [2.75, 3.05) is 24.7 Å². The van der Waals surface area contributed by atoms with E-state index in [1.54, 1.807) is 43.3 Å². The zero-order valence-electron chi connectivity index (χ0n) is 16.7. The highest BCUT2D eigenvalue weighted by molar-refractivity contribution is 5.89. The molecule has 2 heterocycles. The van der Waals surface area contributed by atoms with E-state index >= 15 is 0 Å². The number of nitrogens with two attached hydrogens (primary N) is 1. The number of nitrogens with zero attached hydrogens (tertiary/aromatic N) is 5. The van der Waals surface area contributed by atoms with E-state index in [0.29, 0.717) is 23.9 Å². The van der Waals surface area contributed by atoms with Gasteiger partial charge in [0.1, 0.15) is 18.1 Å². The van der Waals surface area contributed by atoms with Crippen LogP contribution in [0.1, 0.15) is 33.2 Å². The molecule has 10 nitrogen and oxygen atoms in total. The molecular weight excluding hydrogens is 376 g/mol. The van der Waals surface area contributed by atoms with E-state index in [9.17, 15) is 4.79 Å². The number of hydrogen-bond donors (Lipinski definition) is 1. The summed E-state index contributed by atoms with van der Waals surface area (Å²) in [6.45, 7) is 3.91. The van der Waals surface area contributed by atoms with Gasteiger partial charge in [0, 0.05) is 14.1 Å². The van der Waals surface area contributed by atoms with Gasteiger partial charge in [0.25, 0.3) is 0 Å². The molecule has 0 fully saturated rings. The summed E-state index contributed by atoms with van der Waals surface area (Å²) in [6, 6.07) is 6.63. The Labute approximate surface area is 167 Å². The maximum atomic E-state index is 12.3. The van der Waals surface area contributed by atoms with Gasteiger partial charge in [-0.1, -0.05) is 5.16 Å². The lowest BCUT2D eigenvalue weighted by Gasteiger charge is -2.11. The van der Waals surface area contributed by atoms with Gasteiger partial charge in [-0.05, 0) is 38.1 Å². The van der Waals surface area contributed by atoms with Crippen LogP contribution in [0.25, 0.3) is 0 Å². The monoisotopic (exact) mass is 398 g/mol. The Hall–Kier alpha value is -3.69. The minimum Gasteiger partial charge on any atom is -0.489 e. The molecule has 0 aliphatic rings. The van der Waals surface area contributed by atoms with Crippen molar-refractivity contribution in [3.63, 3.8) is 0 Å². The highest BCUT2D eigenvalue weighted by atomic mass is 16.5. The molecule has 152 valence electrons. The van der Waals surface area contributed by atoms with Crippen molar-refractivity contribution in [1.29, 1.82) is 0 Å². The molecular formula is C19H22N6O4. The number of esters is 1. The second kappa shape index (κ2) is 8.55. The zero-order chi connectivity index (χ0) is 21.0. The third-order valence-corrected chi connectivity index (χ3v) is 4.07. The first-order valence-corrected chi connectivity index (χ1v) is 8.83. The number of rotatable bonds is 7. The van der Waals surface area contributed by atoms with Crippen molar-refractivity contribution in [3.05, 3.63) is 52.7 Å². The molecule has 0 atom stereocenters. The Morgan fingerprint density at radius 1 is 1.10 bits per heavy atom. The smallest absolute Gasteiger partial charge is 0.338 e. The number of ether oxygens (including phenoxy) is 2. The second-order valence-corrected chi connectivity index (χ2v) is 6.50. The molecule has 0 aliphatic heterocycles. The van der Waals surface area contributed by atoms with E-state index in [1.165, 1.54) is 0 Å². The maximum Gasteiger partial charge on any atom is 0.338 e. The summed E-state index contributed by atoms with van der Waals surface area (Å²) in [5.41, 5.74) is 7.74. The molecule has 0 amide bonds. The number of aromatic nitrogens is 4. The number of carbonyl (C=O) groups is 1. The molecule has 3 rings (SSSR count). The summed E-state index contributed by atoms with van der Waals surface area (Å²) in [4.78, 5) is 26.1. The minimum absolute atomic E-state index is 0.0644. The Morgan fingerprint density at radius 3 is 2.45 bits per heavy atom. The standard InChI is InChI=1S/C19H22N6O4/c1-11-15(12(2)29-24-11)9-27-14-7-5-13(6-8-14)17(26)28-10-16-21-18(20)23-19(22-16)25(3)4/h5-8H,9-10H2,1-4H3,(H2,20,21,22,23). The summed E-state index contributed by atoms with van der Waals surface area (Å²) in [5, 5.41) is 3.89. The largest absolute Gasteiger partial charge is 0.489 e. The van der Waals surface area contributed by atoms with Crippen molar-refractivity contribution >= 4 is 17.9 Å². The van der Waals surface area contributed by atoms with E-state index < -0.39 is 5.97 Å². The molecule has 0 radical (unpaired) electrons. The molecule has 2 aromatic heterocycles. The molecule has 0 spiro atoms. The molecule has 0 saturated heterocycles. The van der Waals surface area contributed by atoms with Crippen LogP contribution in [0.15, 0.2) is 28.8 Å². The minimum atomic E-state index is -0.507. The van der Waals surface area contributed by atoms with Crippen LogP contribution in [-0.2, 0) is 18.0 Å². The summed E-state index contributed by atoms with van der Waals surface area (Å²) in [7, 11) is 3.56. The molecule has 0 bridgehead atoms. The molecule has 3 aromatic rings. The summed E-state index contributed by atoms with van der Waals surface area (Å²) >= 11 is 0. The number of anilines is 2. The van der Waals surface area contributed by atoms with E-state index in [0.717, 1.165) is 17.0 Å². The molecule has 0 saturated carbocycles. The SMILES string of the molecule is Cc1noc(C)c1COc1ccc(C(=O)OCc2nc(N)nc(N(C)C)n2)cc1. The lowest BCUT2D eigenvalue weighted by molar-refractivity contribution is 0.0462. The Kier molecular flexibility index (Phi) is 5.91. The van der Waals surface area contributed by atoms with Gasteiger partial charge < -0.3 is 24.6 Å². The summed E-state index contributed by atoms with van der Waals surface area (Å²) < 4.78 is 16.1. The molecule has 10 heteroatoms. The fraction of sp³-hybridized carbons (Fsp3) is 0.316. The van der Waals surface area contributed by atoms with Crippen molar-refractivity contribution in [1.82, 2.24) is 20.1 Å². The van der Waals surface area contributed by atoms with Gasteiger partial charge in [0.2, 0.25) is 11.9 Å². The number of carbonyl (C=O) groups excluding carboxylic acids is 1. The van der Waals surface area contributed by atoms with E-state index in [4.69, 9.17) is 19.7 Å². The van der Waals surface area contributed by atoms with Crippen molar-refractivity contribution in [2.24, 2.45) is 0 Å². The summed E-state index contributed by atoms with van der Waals surface area (Å²) in [5.74, 6) is 1.56. The first-order chi connectivity index (χ1) is 13.8. The van der Waals surface area contributed by atoms with Crippen LogP contribution >= 0.6 is 0 Å². The van der Waals surface area contributed by atoms with E-state index in [1.807, 2.05) is 13.8 Å². The molecule has 2 N–H and O–H groups in total. The van der Waals surface area contributed by atoms with Crippen LogP contribution in [-0.4, -0.2) is 40.2 Å². The van der Waals surface area contributed by atoms with Crippen LogP contribution in [0.4, 0.5) is 11.9 Å². The van der Waals surface area contributed by atoms with Gasteiger partial charge in [-0.25, -0.2) is 4.79 Å². The normalized spacial score (nSPS) is 10.6. The zero-order valence-corrected chi connectivity index (χ0v) is 16.7. The molecule has 0 aliphatic carbocycles. The topological polar surface area (TPSA) is 129 Å². The third kappa shape index (κ3) is 4.98. The molecule has 0 unspecified atom stereocenters. The van der Waals surface area contributed by atoms with Crippen LogP contribution < -0.4 is 15.4 Å². The first kappa shape index (κ1) is 20.1. The van der Waals surface area contributed by atoms with Crippen LogP contribution in [0.2, 0.25) is 0 Å². The predicted octanol–water partition coefficient (Wildman–Crippen LogP) is 2.06. The number of nitrogen functional groups attached to an aromatic ring is 1. The fourth-order valence-electron chi connectivity index (χ4n) is 2.45. The number of hydrogen-bond acceptors (Lipinski definition) is 10. The second-order valence-electron chi connectivity index (χ2n) is 6.50. The predicted molar refractivity (Wildman–Crippen MR) is 104 cm³/mol. The van der Waals surface area contributed by atoms with Crippen LogP contribution in [0.5, 0.6) is 5.75 Å². The Bertz CT molecular complexity index is 981. The molecule has 29 heavy (non-hydrogen) atoms. The number of aryl methyl sites for hydroxylation is 2. The van der Waals surface area contributed by atoms with Gasteiger partial charge in [0.05, 0.1) is 16.8 Å². The quantitative estimate of drug-likeness (QED) is 0.590. The lowest BCUT2D eigenvalue weighted by Crippen LogP contribution is -2.17. The van der Waals surface area contributed by atoms with Gasteiger partial charge in [-0.3, -0.25) is 0 Å². The Balaban J connectivity index is 1.58. The first-order valence-electron chi connectivity index (χ1n) is 8.83. The van der Waals surface area contributed by atoms with Gasteiger partial charge in [0.15, 0.2) is 12.4 Å². The van der Waals surface area contributed by atoms with Crippen molar-refractivity contribution < 1.29 is 18.8 Å². The van der Waals surface area contributed by atoms with Crippen LogP contribution in [0, 0.1) is 13.8 Å². The third-order valence-electron chi connectivity index (χ3n) is 4.07. The van der Waals surface area contributed by atoms with Crippen molar-refractivity contribution in [2.45, 2.75) is 27.1 Å². The van der Waals surface area contributed by atoms with E-state index in [-0.39, 0.29) is 18.4 Å². The van der Waals surface area contributed by atoms with E-state index in [2.05, 4.69) is 20.1 Å². The van der Waals surface area contributed by atoms with Gasteiger partial charge in [-0.15, -0.1) is 0 Å². The highest BCUT2D eigenvalue weighted by Crippen LogP contribution is 2.18. The van der Waals surface area contributed by atoms with Gasteiger partial charge >= 0.3 is 5.97 Å².